The van der Waals surface area contributed by atoms with E-state index in [1.165, 1.54) is 12.1 Å². The Morgan fingerprint density at radius 2 is 2.15 bits per heavy atom. The third-order valence-corrected chi connectivity index (χ3v) is 2.71. The van der Waals surface area contributed by atoms with E-state index in [2.05, 4.69) is 9.36 Å². The molecule has 0 aliphatic rings. The van der Waals surface area contributed by atoms with Gasteiger partial charge in [-0.2, -0.15) is 22.5 Å². The minimum Gasteiger partial charge on any atom is -0.481 e. The molecule has 0 saturated heterocycles. The summed E-state index contributed by atoms with van der Waals surface area (Å²) in [6, 6.07) is 6.02. The molecular weight excluding hydrogens is 297 g/mol. The van der Waals surface area contributed by atoms with Crippen LogP contribution in [-0.4, -0.2) is 20.4 Å². The summed E-state index contributed by atoms with van der Waals surface area (Å²) in [6.45, 7) is 0. The monoisotopic (exact) mass is 304 g/mol. The Morgan fingerprint density at radius 1 is 1.40 bits per heavy atom. The van der Waals surface area contributed by atoms with E-state index in [1.807, 2.05) is 0 Å². The van der Waals surface area contributed by atoms with Gasteiger partial charge in [-0.15, -0.1) is 0 Å². The second-order valence-corrected chi connectivity index (χ2v) is 4.42. The van der Waals surface area contributed by atoms with Crippen molar-refractivity contribution in [3.05, 3.63) is 35.7 Å². The fraction of sp³-hybridized carbons (Fsp3) is 0.182. The van der Waals surface area contributed by atoms with Crippen molar-refractivity contribution in [2.24, 2.45) is 0 Å². The number of ether oxygens (including phenoxy) is 1. The Bertz CT molecular complexity index is 627. The maximum atomic E-state index is 12.3. The lowest BCUT2D eigenvalue weighted by molar-refractivity contribution is -0.144. The molecule has 0 unspecified atom stereocenters. The quantitative estimate of drug-likeness (QED) is 0.940. The topological polar surface area (TPSA) is 72.3 Å². The number of carbonyl (C=O) groups is 1. The minimum atomic E-state index is -4.62. The largest absolute Gasteiger partial charge is 0.481 e. The number of aliphatic carboxylic acids is 1. The van der Waals surface area contributed by atoms with Gasteiger partial charge in [0, 0.05) is 11.5 Å². The Labute approximate surface area is 114 Å². The first-order valence-electron chi connectivity index (χ1n) is 5.24. The summed E-state index contributed by atoms with van der Waals surface area (Å²) in [4.78, 5) is 13.8. The normalized spacial score (nSPS) is 11.3. The number of halogens is 3. The molecule has 0 aliphatic heterocycles. The van der Waals surface area contributed by atoms with Gasteiger partial charge in [0.25, 0.3) is 11.0 Å². The van der Waals surface area contributed by atoms with Gasteiger partial charge in [0.05, 0.1) is 6.42 Å². The highest BCUT2D eigenvalue weighted by atomic mass is 32.1. The highest BCUT2D eigenvalue weighted by Gasteiger charge is 2.36. The molecule has 0 bridgehead atoms. The predicted molar refractivity (Wildman–Crippen MR) is 62.8 cm³/mol. The van der Waals surface area contributed by atoms with Crippen LogP contribution in [0.15, 0.2) is 24.3 Å². The molecule has 0 atom stereocenters. The average Bonchev–Trinajstić information content (AvgIpc) is 2.76. The molecule has 5 nitrogen and oxygen atoms in total. The number of hydrogen-bond acceptors (Lipinski definition) is 5. The van der Waals surface area contributed by atoms with E-state index in [0.717, 1.165) is 0 Å². The zero-order valence-corrected chi connectivity index (χ0v) is 10.5. The predicted octanol–water partition coefficient (Wildman–Crippen LogP) is 2.98. The second kappa shape index (κ2) is 5.45. The minimum absolute atomic E-state index is 0.202. The van der Waals surface area contributed by atoms with Gasteiger partial charge in [-0.1, -0.05) is 12.1 Å². The molecule has 0 fully saturated rings. The number of alkyl halides is 3. The van der Waals surface area contributed by atoms with Gasteiger partial charge in [0.15, 0.2) is 0 Å². The van der Waals surface area contributed by atoms with Crippen molar-refractivity contribution in [1.82, 2.24) is 9.36 Å². The van der Waals surface area contributed by atoms with Crippen molar-refractivity contribution in [2.75, 3.05) is 0 Å². The summed E-state index contributed by atoms with van der Waals surface area (Å²) in [7, 11) is 0. The molecule has 9 heteroatoms. The van der Waals surface area contributed by atoms with Crippen molar-refractivity contribution in [2.45, 2.75) is 12.6 Å². The number of benzene rings is 1. The van der Waals surface area contributed by atoms with Crippen LogP contribution in [-0.2, 0) is 17.4 Å². The fourth-order valence-corrected chi connectivity index (χ4v) is 1.93. The van der Waals surface area contributed by atoms with Crippen molar-refractivity contribution in [3.63, 3.8) is 0 Å². The van der Waals surface area contributed by atoms with Crippen LogP contribution in [0.2, 0.25) is 0 Å². The van der Waals surface area contributed by atoms with Crippen LogP contribution in [0.3, 0.4) is 0 Å². The summed E-state index contributed by atoms with van der Waals surface area (Å²) < 4.78 is 45.2. The zero-order valence-electron chi connectivity index (χ0n) is 9.72. The van der Waals surface area contributed by atoms with Gasteiger partial charge < -0.3 is 9.84 Å². The van der Waals surface area contributed by atoms with Crippen molar-refractivity contribution in [1.29, 1.82) is 0 Å². The number of carboxylic acid groups (broad SMARTS) is 1. The Kier molecular flexibility index (Phi) is 3.89. The first-order chi connectivity index (χ1) is 9.34. The van der Waals surface area contributed by atoms with Gasteiger partial charge in [-0.05, 0) is 17.7 Å². The van der Waals surface area contributed by atoms with E-state index >= 15 is 0 Å². The Balaban J connectivity index is 2.14. The molecule has 0 radical (unpaired) electrons. The van der Waals surface area contributed by atoms with Gasteiger partial charge in [0.1, 0.15) is 5.75 Å². The molecule has 2 aromatic rings. The van der Waals surface area contributed by atoms with Crippen molar-refractivity contribution < 1.29 is 27.8 Å². The average molecular weight is 304 g/mol. The summed E-state index contributed by atoms with van der Waals surface area (Å²) >= 11 is 0.471. The molecule has 20 heavy (non-hydrogen) atoms. The van der Waals surface area contributed by atoms with E-state index in [4.69, 9.17) is 9.84 Å². The Hall–Kier alpha value is -2.16. The van der Waals surface area contributed by atoms with E-state index in [0.29, 0.717) is 17.1 Å². The molecule has 106 valence electrons. The number of aromatic nitrogens is 2. The molecule has 2 rings (SSSR count). The maximum Gasteiger partial charge on any atom is 0.452 e. The SMILES string of the molecule is O=C(O)Cc1cccc(Oc2nc(C(F)(F)F)ns2)c1. The number of rotatable bonds is 4. The molecule has 1 aromatic heterocycles. The van der Waals surface area contributed by atoms with Gasteiger partial charge >= 0.3 is 12.1 Å². The number of nitrogens with zero attached hydrogens (tertiary/aromatic N) is 2. The Morgan fingerprint density at radius 3 is 2.75 bits per heavy atom. The van der Waals surface area contributed by atoms with E-state index < -0.39 is 18.0 Å². The molecule has 0 spiro atoms. The maximum absolute atomic E-state index is 12.3. The highest BCUT2D eigenvalue weighted by molar-refractivity contribution is 7.07. The second-order valence-electron chi connectivity index (χ2n) is 3.70. The van der Waals surface area contributed by atoms with Gasteiger partial charge in [0.2, 0.25) is 0 Å². The standard InChI is InChI=1S/C11H7F3N2O3S/c12-11(13,14)9-15-10(20-16-9)19-7-3-1-2-6(4-7)5-8(17)18/h1-4H,5H2,(H,17,18). The summed E-state index contributed by atoms with van der Waals surface area (Å²) in [5.74, 6) is -2.08. The van der Waals surface area contributed by atoms with Crippen LogP contribution in [0.1, 0.15) is 11.4 Å². The summed E-state index contributed by atoms with van der Waals surface area (Å²) in [6.07, 6.45) is -4.83. The molecule has 1 aromatic carbocycles. The van der Waals surface area contributed by atoms with Crippen LogP contribution in [0.4, 0.5) is 13.2 Å². The third-order valence-electron chi connectivity index (χ3n) is 2.12. The summed E-state index contributed by atoms with van der Waals surface area (Å²) in [5.41, 5.74) is 0.468. The van der Waals surface area contributed by atoms with Gasteiger partial charge in [-0.25, -0.2) is 0 Å². The summed E-state index contributed by atoms with van der Waals surface area (Å²) in [5, 5.41) is 8.39. The third kappa shape index (κ3) is 3.67. The number of hydrogen-bond donors (Lipinski definition) is 1. The highest BCUT2D eigenvalue weighted by Crippen LogP contribution is 2.31. The first-order valence-corrected chi connectivity index (χ1v) is 6.01. The van der Waals surface area contributed by atoms with Crippen LogP contribution in [0.5, 0.6) is 10.9 Å². The molecule has 0 aliphatic carbocycles. The van der Waals surface area contributed by atoms with E-state index in [9.17, 15) is 18.0 Å². The first kappa shape index (κ1) is 14.3. The van der Waals surface area contributed by atoms with Gasteiger partial charge in [-0.3, -0.25) is 4.79 Å². The lowest BCUT2D eigenvalue weighted by Crippen LogP contribution is -2.06. The molecular formula is C11H7F3N2O3S. The smallest absolute Gasteiger partial charge is 0.452 e. The van der Waals surface area contributed by atoms with Crippen molar-refractivity contribution in [3.8, 4) is 10.9 Å². The zero-order chi connectivity index (χ0) is 14.8. The van der Waals surface area contributed by atoms with Crippen LogP contribution in [0.25, 0.3) is 0 Å². The van der Waals surface area contributed by atoms with Crippen molar-refractivity contribution >= 4 is 17.5 Å². The lowest BCUT2D eigenvalue weighted by Gasteiger charge is -2.03. The van der Waals surface area contributed by atoms with Crippen LogP contribution < -0.4 is 4.74 Å². The fourth-order valence-electron chi connectivity index (χ4n) is 1.36. The lowest BCUT2D eigenvalue weighted by atomic mass is 10.1. The van der Waals surface area contributed by atoms with Crippen LogP contribution >= 0.6 is 11.5 Å². The van der Waals surface area contributed by atoms with E-state index in [-0.39, 0.29) is 17.4 Å². The molecule has 1 N–H and O–H groups in total. The van der Waals surface area contributed by atoms with E-state index in [1.54, 1.807) is 12.1 Å². The van der Waals surface area contributed by atoms with Crippen LogP contribution in [0, 0.1) is 0 Å². The molecule has 0 amide bonds. The molecule has 0 saturated carbocycles. The number of carboxylic acids is 1. The molecule has 1 heterocycles.